The maximum atomic E-state index is 10.2. The van der Waals surface area contributed by atoms with Gasteiger partial charge in [0.1, 0.15) is 0 Å². The molecule has 19 heavy (non-hydrogen) atoms. The van der Waals surface area contributed by atoms with Crippen molar-refractivity contribution in [1.82, 2.24) is 4.90 Å². The smallest absolute Gasteiger partial charge is 0.0916 e. The summed E-state index contributed by atoms with van der Waals surface area (Å²) in [6.45, 7) is 1.48. The standard InChI is InChI=1S/C16H25NO2/c1-17(11-14-9-5-6-10-15(14)18)12-16(19)13-7-3-2-4-8-13/h2-4,7-8,14-16,18-19H,5-6,9-12H2,1H3. The first kappa shape index (κ1) is 14.5. The zero-order valence-corrected chi connectivity index (χ0v) is 11.7. The topological polar surface area (TPSA) is 43.7 Å². The van der Waals surface area contributed by atoms with Crippen molar-refractivity contribution in [2.45, 2.75) is 37.9 Å². The number of nitrogens with zero attached hydrogens (tertiary/aromatic N) is 1. The van der Waals surface area contributed by atoms with E-state index in [4.69, 9.17) is 0 Å². The highest BCUT2D eigenvalue weighted by Crippen LogP contribution is 2.25. The molecule has 0 aromatic heterocycles. The molecule has 0 bridgehead atoms. The molecule has 1 aliphatic carbocycles. The Labute approximate surface area is 115 Å². The van der Waals surface area contributed by atoms with E-state index < -0.39 is 6.10 Å². The van der Waals surface area contributed by atoms with Crippen LogP contribution in [0, 0.1) is 5.92 Å². The molecule has 0 amide bonds. The fourth-order valence-electron chi connectivity index (χ4n) is 2.95. The minimum atomic E-state index is -0.452. The number of hydrogen-bond donors (Lipinski definition) is 2. The summed E-state index contributed by atoms with van der Waals surface area (Å²) >= 11 is 0. The second-order valence-corrected chi connectivity index (χ2v) is 5.76. The van der Waals surface area contributed by atoms with Gasteiger partial charge in [-0.25, -0.2) is 0 Å². The Morgan fingerprint density at radius 2 is 1.89 bits per heavy atom. The molecule has 1 fully saturated rings. The summed E-state index contributed by atoms with van der Waals surface area (Å²) in [6.07, 6.45) is 3.79. The van der Waals surface area contributed by atoms with Gasteiger partial charge in [0.15, 0.2) is 0 Å². The van der Waals surface area contributed by atoms with Crippen LogP contribution in [0.1, 0.15) is 37.4 Å². The third-order valence-electron chi connectivity index (χ3n) is 4.08. The molecule has 2 N–H and O–H groups in total. The van der Waals surface area contributed by atoms with Crippen LogP contribution in [-0.2, 0) is 0 Å². The summed E-state index contributed by atoms with van der Waals surface area (Å²) in [6, 6.07) is 9.76. The molecule has 3 heteroatoms. The number of likely N-dealkylation sites (N-methyl/N-ethyl adjacent to an activating group) is 1. The zero-order chi connectivity index (χ0) is 13.7. The number of benzene rings is 1. The van der Waals surface area contributed by atoms with Crippen molar-refractivity contribution in [1.29, 1.82) is 0 Å². The molecule has 3 nitrogen and oxygen atoms in total. The fraction of sp³-hybridized carbons (Fsp3) is 0.625. The fourth-order valence-corrected chi connectivity index (χ4v) is 2.95. The van der Waals surface area contributed by atoms with Crippen LogP contribution in [-0.4, -0.2) is 41.4 Å². The first-order chi connectivity index (χ1) is 9.16. The Bertz CT molecular complexity index is 368. The van der Waals surface area contributed by atoms with E-state index >= 15 is 0 Å². The maximum absolute atomic E-state index is 10.2. The van der Waals surface area contributed by atoms with E-state index in [0.29, 0.717) is 12.5 Å². The van der Waals surface area contributed by atoms with Crippen molar-refractivity contribution in [3.8, 4) is 0 Å². The predicted octanol–water partition coefficient (Wildman–Crippen LogP) is 2.20. The lowest BCUT2D eigenvalue weighted by molar-refractivity contribution is 0.0400. The van der Waals surface area contributed by atoms with Crippen LogP contribution in [0.4, 0.5) is 0 Å². The number of aliphatic hydroxyl groups excluding tert-OH is 2. The minimum absolute atomic E-state index is 0.162. The van der Waals surface area contributed by atoms with E-state index in [1.165, 1.54) is 6.42 Å². The van der Waals surface area contributed by atoms with Crippen molar-refractivity contribution in [3.05, 3.63) is 35.9 Å². The van der Waals surface area contributed by atoms with Crippen LogP contribution in [0.5, 0.6) is 0 Å². The van der Waals surface area contributed by atoms with E-state index in [0.717, 1.165) is 31.4 Å². The Balaban J connectivity index is 1.82. The quantitative estimate of drug-likeness (QED) is 0.856. The first-order valence-corrected chi connectivity index (χ1v) is 7.26. The van der Waals surface area contributed by atoms with Crippen molar-refractivity contribution in [2.24, 2.45) is 5.92 Å². The van der Waals surface area contributed by atoms with Gasteiger partial charge in [-0.1, -0.05) is 43.2 Å². The summed E-state index contributed by atoms with van der Waals surface area (Å²) in [5.41, 5.74) is 0.957. The zero-order valence-electron chi connectivity index (χ0n) is 11.7. The predicted molar refractivity (Wildman–Crippen MR) is 76.9 cm³/mol. The molecule has 106 valence electrons. The van der Waals surface area contributed by atoms with Gasteiger partial charge in [-0.05, 0) is 31.4 Å². The molecule has 0 radical (unpaired) electrons. The van der Waals surface area contributed by atoms with Crippen molar-refractivity contribution < 1.29 is 10.2 Å². The van der Waals surface area contributed by atoms with Crippen LogP contribution >= 0.6 is 0 Å². The van der Waals surface area contributed by atoms with Crippen molar-refractivity contribution >= 4 is 0 Å². The lowest BCUT2D eigenvalue weighted by Crippen LogP contribution is -2.36. The molecule has 2 rings (SSSR count). The second kappa shape index (κ2) is 7.04. The molecule has 3 atom stereocenters. The maximum Gasteiger partial charge on any atom is 0.0916 e. The van der Waals surface area contributed by atoms with Crippen LogP contribution in [0.15, 0.2) is 30.3 Å². The summed E-state index contributed by atoms with van der Waals surface area (Å²) in [5, 5.41) is 20.2. The van der Waals surface area contributed by atoms with Crippen LogP contribution in [0.25, 0.3) is 0 Å². The third-order valence-corrected chi connectivity index (χ3v) is 4.08. The van der Waals surface area contributed by atoms with Gasteiger partial charge >= 0.3 is 0 Å². The van der Waals surface area contributed by atoms with Gasteiger partial charge in [-0.3, -0.25) is 0 Å². The van der Waals surface area contributed by atoms with Gasteiger partial charge in [0.2, 0.25) is 0 Å². The van der Waals surface area contributed by atoms with Gasteiger partial charge in [0.25, 0.3) is 0 Å². The van der Waals surface area contributed by atoms with Gasteiger partial charge in [0.05, 0.1) is 12.2 Å². The molecule has 3 unspecified atom stereocenters. The molecular formula is C16H25NO2. The molecule has 0 spiro atoms. The normalized spacial score (nSPS) is 25.5. The van der Waals surface area contributed by atoms with E-state index in [1.807, 2.05) is 37.4 Å². The molecule has 1 aromatic rings. The lowest BCUT2D eigenvalue weighted by atomic mass is 9.86. The monoisotopic (exact) mass is 263 g/mol. The summed E-state index contributed by atoms with van der Waals surface area (Å²) in [5.74, 6) is 0.363. The van der Waals surface area contributed by atoms with Crippen LogP contribution in [0.3, 0.4) is 0 Å². The highest BCUT2D eigenvalue weighted by molar-refractivity contribution is 5.17. The average molecular weight is 263 g/mol. The van der Waals surface area contributed by atoms with Gasteiger partial charge in [-0.15, -0.1) is 0 Å². The van der Waals surface area contributed by atoms with E-state index in [2.05, 4.69) is 4.90 Å². The Morgan fingerprint density at radius 3 is 2.58 bits per heavy atom. The highest BCUT2D eigenvalue weighted by atomic mass is 16.3. The number of aliphatic hydroxyl groups is 2. The number of hydrogen-bond acceptors (Lipinski definition) is 3. The van der Waals surface area contributed by atoms with Crippen molar-refractivity contribution in [3.63, 3.8) is 0 Å². The largest absolute Gasteiger partial charge is 0.393 e. The van der Waals surface area contributed by atoms with E-state index in [-0.39, 0.29) is 6.10 Å². The second-order valence-electron chi connectivity index (χ2n) is 5.76. The van der Waals surface area contributed by atoms with Crippen LogP contribution < -0.4 is 0 Å². The molecule has 1 saturated carbocycles. The van der Waals surface area contributed by atoms with Crippen molar-refractivity contribution in [2.75, 3.05) is 20.1 Å². The summed E-state index contributed by atoms with van der Waals surface area (Å²) in [4.78, 5) is 2.14. The third kappa shape index (κ3) is 4.30. The molecule has 0 saturated heterocycles. The summed E-state index contributed by atoms with van der Waals surface area (Å²) in [7, 11) is 2.02. The van der Waals surface area contributed by atoms with E-state index in [9.17, 15) is 10.2 Å². The Kier molecular flexibility index (Phi) is 5.37. The molecule has 0 heterocycles. The van der Waals surface area contributed by atoms with Gasteiger partial charge in [-0.2, -0.15) is 0 Å². The molecule has 1 aromatic carbocycles. The Morgan fingerprint density at radius 1 is 1.21 bits per heavy atom. The SMILES string of the molecule is CN(CC(O)c1ccccc1)CC1CCCCC1O. The number of rotatable bonds is 5. The lowest BCUT2D eigenvalue weighted by Gasteiger charge is -2.32. The average Bonchev–Trinajstić information content (AvgIpc) is 2.42. The van der Waals surface area contributed by atoms with Crippen LogP contribution in [0.2, 0.25) is 0 Å². The highest BCUT2D eigenvalue weighted by Gasteiger charge is 2.24. The van der Waals surface area contributed by atoms with Gasteiger partial charge in [0, 0.05) is 13.1 Å². The Hall–Kier alpha value is -0.900. The van der Waals surface area contributed by atoms with Gasteiger partial charge < -0.3 is 15.1 Å². The van der Waals surface area contributed by atoms with E-state index in [1.54, 1.807) is 0 Å². The molecule has 0 aliphatic heterocycles. The first-order valence-electron chi connectivity index (χ1n) is 7.26. The summed E-state index contributed by atoms with van der Waals surface area (Å²) < 4.78 is 0. The molecular weight excluding hydrogens is 238 g/mol. The minimum Gasteiger partial charge on any atom is -0.393 e. The molecule has 1 aliphatic rings.